The molecule has 210 valence electrons. The highest BCUT2D eigenvalue weighted by atomic mass is 32.2. The first-order valence-corrected chi connectivity index (χ1v) is 14.6. The van der Waals surface area contributed by atoms with Crippen LogP contribution in [0.15, 0.2) is 58.8 Å². The van der Waals surface area contributed by atoms with Crippen molar-refractivity contribution >= 4 is 33.3 Å². The summed E-state index contributed by atoms with van der Waals surface area (Å²) < 4.78 is 33.4. The number of carbonyl (C=O) groups is 2. The number of ether oxygens (including phenoxy) is 1. The van der Waals surface area contributed by atoms with Crippen molar-refractivity contribution in [1.29, 1.82) is 0 Å². The highest BCUT2D eigenvalue weighted by Crippen LogP contribution is 2.26. The number of aromatic nitrogens is 1. The Morgan fingerprint density at radius 3 is 2.18 bits per heavy atom. The first-order valence-electron chi connectivity index (χ1n) is 12.3. The van der Waals surface area contributed by atoms with E-state index in [4.69, 9.17) is 10.6 Å². The number of nitrogens with zero attached hydrogens (tertiary/aromatic N) is 1. The van der Waals surface area contributed by atoms with Gasteiger partial charge in [0.05, 0.1) is 16.6 Å². The number of benzene rings is 2. The Kier molecular flexibility index (Phi) is 9.83. The maximum absolute atomic E-state index is 13.6. The lowest BCUT2D eigenvalue weighted by molar-refractivity contribution is -0.162. The predicted molar refractivity (Wildman–Crippen MR) is 146 cm³/mol. The summed E-state index contributed by atoms with van der Waals surface area (Å²) >= 11 is 1.39. The molecule has 1 aromatic heterocycles. The molecule has 1 heterocycles. The molecule has 0 unspecified atom stereocenters. The van der Waals surface area contributed by atoms with Crippen LogP contribution in [-0.4, -0.2) is 36.0 Å². The minimum atomic E-state index is -4.05. The van der Waals surface area contributed by atoms with E-state index in [2.05, 4.69) is 14.6 Å². The molecule has 12 heteroatoms. The number of thiazole rings is 1. The van der Waals surface area contributed by atoms with E-state index < -0.39 is 39.6 Å². The van der Waals surface area contributed by atoms with Crippen LogP contribution in [0, 0.1) is 5.92 Å². The third-order valence-electron chi connectivity index (χ3n) is 5.71. The van der Waals surface area contributed by atoms with Crippen LogP contribution in [0.1, 0.15) is 55.6 Å². The number of aromatic hydroxyl groups is 1. The van der Waals surface area contributed by atoms with Gasteiger partial charge in [0.25, 0.3) is 0 Å². The normalized spacial score (nSPS) is 13.5. The number of carbonyl (C=O) groups excluding carboxylic acids is 2. The molecule has 0 aliphatic heterocycles. The number of hydrogen-bond donors (Lipinski definition) is 3. The molecular weight excluding hydrogens is 542 g/mol. The van der Waals surface area contributed by atoms with E-state index in [1.807, 2.05) is 12.3 Å². The van der Waals surface area contributed by atoms with Crippen molar-refractivity contribution in [1.82, 2.24) is 10.3 Å². The number of esters is 1. The van der Waals surface area contributed by atoms with Gasteiger partial charge < -0.3 is 15.2 Å². The highest BCUT2D eigenvalue weighted by Gasteiger charge is 2.33. The number of amides is 1. The van der Waals surface area contributed by atoms with Crippen LogP contribution in [0.3, 0.4) is 0 Å². The lowest BCUT2D eigenvalue weighted by atomic mass is 9.97. The van der Waals surface area contributed by atoms with E-state index in [1.165, 1.54) is 35.6 Å². The van der Waals surface area contributed by atoms with Crippen LogP contribution in [0.5, 0.6) is 5.75 Å². The van der Waals surface area contributed by atoms with Crippen LogP contribution >= 0.6 is 11.3 Å². The van der Waals surface area contributed by atoms with Gasteiger partial charge in [-0.2, -0.15) is 18.6 Å². The van der Waals surface area contributed by atoms with E-state index in [-0.39, 0.29) is 23.5 Å². The predicted octanol–water partition coefficient (Wildman–Crippen LogP) is 3.59. The molecule has 0 aliphatic carbocycles. The van der Waals surface area contributed by atoms with E-state index in [0.29, 0.717) is 17.0 Å². The fourth-order valence-corrected chi connectivity index (χ4v) is 5.26. The van der Waals surface area contributed by atoms with Gasteiger partial charge in [0.2, 0.25) is 5.91 Å². The summed E-state index contributed by atoms with van der Waals surface area (Å²) in [5.74, 6) is 2.58. The van der Waals surface area contributed by atoms with Gasteiger partial charge in [-0.25, -0.2) is 4.98 Å². The summed E-state index contributed by atoms with van der Waals surface area (Å²) in [6, 6.07) is 11.6. The maximum Gasteiger partial charge on any atom is 0.319 e. The molecule has 0 fully saturated rings. The van der Waals surface area contributed by atoms with Gasteiger partial charge >= 0.3 is 16.1 Å². The molecule has 4 N–H and O–H groups in total. The van der Waals surface area contributed by atoms with Gasteiger partial charge in [0.15, 0.2) is 0 Å². The SMILES string of the molecule is CCc1csc([C@H](Cc2ccc(S(=O)(=O)ON)cc2)NC(=O)[C@H](Cc2ccc(O)cc2)C(=O)OC(C)(C)C)n1. The average Bonchev–Trinajstić information content (AvgIpc) is 3.36. The Balaban J connectivity index is 1.90. The second kappa shape index (κ2) is 12.7. The summed E-state index contributed by atoms with van der Waals surface area (Å²) in [5, 5.41) is 15.1. The lowest BCUT2D eigenvalue weighted by Gasteiger charge is -2.25. The Hall–Kier alpha value is -3.32. The second-order valence-corrected chi connectivity index (χ2v) is 12.4. The van der Waals surface area contributed by atoms with Gasteiger partial charge in [-0.3, -0.25) is 9.59 Å². The van der Waals surface area contributed by atoms with Crippen LogP contribution in [0.25, 0.3) is 0 Å². The first-order chi connectivity index (χ1) is 18.3. The monoisotopic (exact) mass is 575 g/mol. The number of phenols is 1. The molecule has 39 heavy (non-hydrogen) atoms. The molecule has 0 saturated heterocycles. The molecule has 0 spiro atoms. The smallest absolute Gasteiger partial charge is 0.319 e. The van der Waals surface area contributed by atoms with Crippen molar-refractivity contribution < 1.29 is 32.1 Å². The van der Waals surface area contributed by atoms with Crippen molar-refractivity contribution in [2.24, 2.45) is 11.8 Å². The van der Waals surface area contributed by atoms with Crippen molar-refractivity contribution in [3.05, 3.63) is 75.7 Å². The minimum absolute atomic E-state index is 0.0669. The average molecular weight is 576 g/mol. The Morgan fingerprint density at radius 2 is 1.64 bits per heavy atom. The fourth-order valence-electron chi connectivity index (χ4n) is 3.72. The molecular formula is C27H33N3O7S2. The van der Waals surface area contributed by atoms with E-state index in [1.54, 1.807) is 45.0 Å². The van der Waals surface area contributed by atoms with Crippen LogP contribution in [0.4, 0.5) is 0 Å². The van der Waals surface area contributed by atoms with Crippen molar-refractivity contribution in [2.45, 2.75) is 63.5 Å². The van der Waals surface area contributed by atoms with Crippen molar-refractivity contribution in [3.8, 4) is 5.75 Å². The van der Waals surface area contributed by atoms with Crippen molar-refractivity contribution in [3.63, 3.8) is 0 Å². The van der Waals surface area contributed by atoms with Crippen molar-refractivity contribution in [2.75, 3.05) is 0 Å². The third kappa shape index (κ3) is 8.59. The number of nitrogens with one attached hydrogen (secondary N) is 1. The minimum Gasteiger partial charge on any atom is -0.508 e. The number of hydrogen-bond acceptors (Lipinski definition) is 10. The largest absolute Gasteiger partial charge is 0.508 e. The zero-order valence-corrected chi connectivity index (χ0v) is 23.8. The van der Waals surface area contributed by atoms with Gasteiger partial charge in [0, 0.05) is 5.38 Å². The number of nitrogens with two attached hydrogens (primary N) is 1. The van der Waals surface area contributed by atoms with Crippen LogP contribution in [-0.2, 0) is 48.0 Å². The molecule has 0 bridgehead atoms. The Bertz CT molecular complexity index is 1380. The van der Waals surface area contributed by atoms with E-state index in [0.717, 1.165) is 11.3 Å². The van der Waals surface area contributed by atoms with Crippen LogP contribution in [0.2, 0.25) is 0 Å². The van der Waals surface area contributed by atoms with E-state index in [9.17, 15) is 23.1 Å². The van der Waals surface area contributed by atoms with E-state index >= 15 is 0 Å². The molecule has 0 aliphatic rings. The molecule has 2 atom stereocenters. The molecule has 10 nitrogen and oxygen atoms in total. The Labute approximate surface area is 232 Å². The summed E-state index contributed by atoms with van der Waals surface area (Å²) in [6.45, 7) is 7.15. The van der Waals surface area contributed by atoms with Gasteiger partial charge in [-0.05, 0) is 75.4 Å². The molecule has 2 aromatic carbocycles. The molecule has 0 saturated carbocycles. The first kappa shape index (κ1) is 30.2. The topological polar surface area (TPSA) is 158 Å². The summed E-state index contributed by atoms with van der Waals surface area (Å²) in [5.41, 5.74) is 1.46. The molecule has 3 rings (SSSR count). The standard InChI is InChI=1S/C27H33N3O7S2/c1-5-19-16-38-25(29-19)23(15-18-8-12-21(13-9-18)39(34,35)37-28)30-24(32)22(26(33)36-27(2,3)4)14-17-6-10-20(31)11-7-17/h6-13,16,22-23,31H,5,14-15,28H2,1-4H3,(H,30,32)/t22-,23-/m0/s1. The van der Waals surface area contributed by atoms with Gasteiger partial charge in [-0.15, -0.1) is 11.3 Å². The molecule has 1 amide bonds. The summed E-state index contributed by atoms with van der Waals surface area (Å²) in [6.07, 6.45) is 1.06. The maximum atomic E-state index is 13.6. The fraction of sp³-hybridized carbons (Fsp3) is 0.370. The molecule has 0 radical (unpaired) electrons. The quantitative estimate of drug-likeness (QED) is 0.176. The summed E-state index contributed by atoms with van der Waals surface area (Å²) in [4.78, 5) is 31.3. The Morgan fingerprint density at radius 1 is 1.05 bits per heavy atom. The highest BCUT2D eigenvalue weighted by molar-refractivity contribution is 7.86. The third-order valence-corrected chi connectivity index (χ3v) is 7.82. The number of rotatable bonds is 11. The second-order valence-electron chi connectivity index (χ2n) is 9.95. The zero-order valence-electron chi connectivity index (χ0n) is 22.2. The molecule has 3 aromatic rings. The number of aryl methyl sites for hydroxylation is 1. The zero-order chi connectivity index (χ0) is 28.8. The van der Waals surface area contributed by atoms with Gasteiger partial charge in [0.1, 0.15) is 22.3 Å². The van der Waals surface area contributed by atoms with Gasteiger partial charge in [-0.1, -0.05) is 31.2 Å². The summed E-state index contributed by atoms with van der Waals surface area (Å²) in [7, 11) is -4.05. The number of phenolic OH excluding ortho intramolecular Hbond substituents is 1. The van der Waals surface area contributed by atoms with Crippen LogP contribution < -0.4 is 11.2 Å². The lowest BCUT2D eigenvalue weighted by Crippen LogP contribution is -2.42.